The number of esters is 1. The zero-order valence-corrected chi connectivity index (χ0v) is 8.47. The molecule has 1 saturated carbocycles. The van der Waals surface area contributed by atoms with E-state index in [0.29, 0.717) is 12.8 Å². The third kappa shape index (κ3) is 1.20. The fraction of sp³-hybridized carbons (Fsp3) is 0.778. The number of carbonyl (C=O) groups is 2. The largest absolute Gasteiger partial charge is 0.478 e. The SMILES string of the molecule is O=C1CC2(C[N+](=O)[O-])CCCC2(C(=O)O)O1. The van der Waals surface area contributed by atoms with Crippen LogP contribution in [0, 0.1) is 15.5 Å². The van der Waals surface area contributed by atoms with Crippen LogP contribution >= 0.6 is 0 Å². The van der Waals surface area contributed by atoms with Crippen LogP contribution in [0.2, 0.25) is 0 Å². The number of nitro groups is 1. The Hall–Kier alpha value is -1.66. The molecule has 0 amide bonds. The van der Waals surface area contributed by atoms with E-state index in [4.69, 9.17) is 4.74 Å². The highest BCUT2D eigenvalue weighted by molar-refractivity contribution is 5.88. The van der Waals surface area contributed by atoms with E-state index in [1.54, 1.807) is 0 Å². The highest BCUT2D eigenvalue weighted by Gasteiger charge is 2.70. The van der Waals surface area contributed by atoms with Crippen LogP contribution in [0.5, 0.6) is 0 Å². The van der Waals surface area contributed by atoms with Gasteiger partial charge < -0.3 is 9.84 Å². The van der Waals surface area contributed by atoms with Crippen molar-refractivity contribution in [3.63, 3.8) is 0 Å². The van der Waals surface area contributed by atoms with Gasteiger partial charge in [0.2, 0.25) is 12.1 Å². The number of nitrogens with zero attached hydrogens (tertiary/aromatic N) is 1. The first-order valence-electron chi connectivity index (χ1n) is 4.99. The number of carboxylic acid groups (broad SMARTS) is 1. The van der Waals surface area contributed by atoms with E-state index in [-0.39, 0.29) is 12.8 Å². The van der Waals surface area contributed by atoms with E-state index in [1.807, 2.05) is 0 Å². The predicted octanol–water partition coefficient (Wildman–Crippen LogP) is 0.204. The lowest BCUT2D eigenvalue weighted by Crippen LogP contribution is -2.51. The summed E-state index contributed by atoms with van der Waals surface area (Å²) in [6.45, 7) is -0.523. The highest BCUT2D eigenvalue weighted by atomic mass is 16.6. The van der Waals surface area contributed by atoms with Crippen molar-refractivity contribution in [3.05, 3.63) is 10.1 Å². The van der Waals surface area contributed by atoms with Crippen LogP contribution in [0.15, 0.2) is 0 Å². The third-order valence-corrected chi connectivity index (χ3v) is 3.59. The molecule has 7 nitrogen and oxygen atoms in total. The summed E-state index contributed by atoms with van der Waals surface area (Å²) in [5, 5.41) is 19.8. The van der Waals surface area contributed by atoms with E-state index < -0.39 is 34.4 Å². The number of rotatable bonds is 3. The molecule has 1 aliphatic carbocycles. The minimum Gasteiger partial charge on any atom is -0.478 e. The molecule has 88 valence electrons. The molecule has 2 aliphatic rings. The van der Waals surface area contributed by atoms with Gasteiger partial charge in [-0.25, -0.2) is 4.79 Å². The summed E-state index contributed by atoms with van der Waals surface area (Å²) in [5.41, 5.74) is -2.82. The number of hydrogen-bond donors (Lipinski definition) is 1. The Bertz CT molecular complexity index is 380. The molecule has 0 aromatic carbocycles. The molecule has 0 aromatic rings. The van der Waals surface area contributed by atoms with Crippen LogP contribution in [0.4, 0.5) is 0 Å². The van der Waals surface area contributed by atoms with Gasteiger partial charge in [0.25, 0.3) is 0 Å². The van der Waals surface area contributed by atoms with Crippen LogP contribution < -0.4 is 0 Å². The van der Waals surface area contributed by atoms with Gasteiger partial charge in [-0.15, -0.1) is 0 Å². The van der Waals surface area contributed by atoms with Gasteiger partial charge in [-0.05, 0) is 19.3 Å². The van der Waals surface area contributed by atoms with Gasteiger partial charge in [-0.3, -0.25) is 14.9 Å². The summed E-state index contributed by atoms with van der Waals surface area (Å²) in [7, 11) is 0. The normalized spacial score (nSPS) is 36.9. The zero-order chi connectivity index (χ0) is 12.0. The molecule has 0 spiro atoms. The Morgan fingerprint density at radius 2 is 2.25 bits per heavy atom. The molecule has 1 N–H and O–H groups in total. The average molecular weight is 229 g/mol. The fourth-order valence-electron chi connectivity index (χ4n) is 2.93. The maximum absolute atomic E-state index is 11.2. The second kappa shape index (κ2) is 3.16. The van der Waals surface area contributed by atoms with Crippen LogP contribution in [-0.4, -0.2) is 34.1 Å². The van der Waals surface area contributed by atoms with E-state index in [9.17, 15) is 24.8 Å². The Labute approximate surface area is 90.5 Å². The fourth-order valence-corrected chi connectivity index (χ4v) is 2.93. The second-order valence-electron chi connectivity index (χ2n) is 4.41. The van der Waals surface area contributed by atoms with Gasteiger partial charge in [0.15, 0.2) is 0 Å². The third-order valence-electron chi connectivity index (χ3n) is 3.59. The number of aliphatic carboxylic acids is 1. The molecule has 0 bridgehead atoms. The molecule has 16 heavy (non-hydrogen) atoms. The maximum Gasteiger partial charge on any atom is 0.349 e. The zero-order valence-electron chi connectivity index (χ0n) is 8.47. The van der Waals surface area contributed by atoms with Gasteiger partial charge >= 0.3 is 11.9 Å². The van der Waals surface area contributed by atoms with Crippen LogP contribution in [0.3, 0.4) is 0 Å². The van der Waals surface area contributed by atoms with E-state index in [0.717, 1.165) is 0 Å². The molecule has 2 unspecified atom stereocenters. The first-order valence-corrected chi connectivity index (χ1v) is 4.99. The number of hydrogen-bond acceptors (Lipinski definition) is 5. The summed E-state index contributed by atoms with van der Waals surface area (Å²) in [4.78, 5) is 32.5. The van der Waals surface area contributed by atoms with Crippen molar-refractivity contribution in [2.75, 3.05) is 6.54 Å². The van der Waals surface area contributed by atoms with Crippen molar-refractivity contribution in [1.29, 1.82) is 0 Å². The monoisotopic (exact) mass is 229 g/mol. The Kier molecular flexibility index (Phi) is 2.14. The molecule has 0 aromatic heterocycles. The minimum atomic E-state index is -1.67. The molecule has 2 fully saturated rings. The first-order chi connectivity index (χ1) is 7.42. The predicted molar refractivity (Wildman–Crippen MR) is 49.2 cm³/mol. The summed E-state index contributed by atoms with van der Waals surface area (Å²) in [5.74, 6) is -1.92. The smallest absolute Gasteiger partial charge is 0.349 e. The lowest BCUT2D eigenvalue weighted by Gasteiger charge is -2.30. The summed E-state index contributed by atoms with van der Waals surface area (Å²) in [6.07, 6.45) is 0.891. The first kappa shape index (κ1) is 10.8. The molecule has 7 heteroatoms. The van der Waals surface area contributed by atoms with Crippen molar-refractivity contribution >= 4 is 11.9 Å². The molecular formula is C9H11NO6. The maximum atomic E-state index is 11.2. The van der Waals surface area contributed by atoms with Gasteiger partial charge in [0, 0.05) is 4.92 Å². The molecule has 1 aliphatic heterocycles. The number of carboxylic acids is 1. The standard InChI is InChI=1S/C9H11NO6/c11-6-4-8(5-10(14)15)2-1-3-9(8,16-6)7(12)13/h1-5H2,(H,12,13). The number of carbonyl (C=O) groups excluding carboxylic acids is 1. The van der Waals surface area contributed by atoms with Crippen LogP contribution in [0.25, 0.3) is 0 Å². The Morgan fingerprint density at radius 3 is 2.81 bits per heavy atom. The van der Waals surface area contributed by atoms with E-state index >= 15 is 0 Å². The molecule has 0 radical (unpaired) electrons. The number of ether oxygens (including phenoxy) is 1. The quantitative estimate of drug-likeness (QED) is 0.421. The van der Waals surface area contributed by atoms with Gasteiger partial charge in [-0.2, -0.15) is 0 Å². The molecule has 2 atom stereocenters. The number of fused-ring (bicyclic) bond motifs is 1. The summed E-state index contributed by atoms with van der Waals surface area (Å²) in [6, 6.07) is 0. The lowest BCUT2D eigenvalue weighted by atomic mass is 9.74. The minimum absolute atomic E-state index is 0.166. The topological polar surface area (TPSA) is 107 Å². The van der Waals surface area contributed by atoms with Crippen molar-refractivity contribution in [1.82, 2.24) is 0 Å². The van der Waals surface area contributed by atoms with Gasteiger partial charge in [0.05, 0.1) is 11.8 Å². The van der Waals surface area contributed by atoms with Crippen LogP contribution in [0.1, 0.15) is 25.7 Å². The van der Waals surface area contributed by atoms with Crippen molar-refractivity contribution < 1.29 is 24.4 Å². The second-order valence-corrected chi connectivity index (χ2v) is 4.41. The van der Waals surface area contributed by atoms with Crippen molar-refractivity contribution in [2.45, 2.75) is 31.3 Å². The van der Waals surface area contributed by atoms with E-state index in [2.05, 4.69) is 0 Å². The Morgan fingerprint density at radius 1 is 1.56 bits per heavy atom. The van der Waals surface area contributed by atoms with Crippen molar-refractivity contribution in [2.24, 2.45) is 5.41 Å². The van der Waals surface area contributed by atoms with Gasteiger partial charge in [-0.1, -0.05) is 0 Å². The Balaban J connectivity index is 2.43. The van der Waals surface area contributed by atoms with Crippen LogP contribution in [-0.2, 0) is 14.3 Å². The highest BCUT2D eigenvalue weighted by Crippen LogP contribution is 2.55. The van der Waals surface area contributed by atoms with E-state index in [1.165, 1.54) is 0 Å². The van der Waals surface area contributed by atoms with Crippen molar-refractivity contribution in [3.8, 4) is 0 Å². The molecule has 1 saturated heterocycles. The summed E-state index contributed by atoms with van der Waals surface area (Å²) < 4.78 is 4.90. The molecular weight excluding hydrogens is 218 g/mol. The molecule has 2 rings (SSSR count). The lowest BCUT2D eigenvalue weighted by molar-refractivity contribution is -0.500. The summed E-state index contributed by atoms with van der Waals surface area (Å²) >= 11 is 0. The molecule has 1 heterocycles. The van der Waals surface area contributed by atoms with Gasteiger partial charge in [0.1, 0.15) is 0 Å². The average Bonchev–Trinajstić information content (AvgIpc) is 2.54.